The third-order valence-electron chi connectivity index (χ3n) is 1.51. The van der Waals surface area contributed by atoms with Crippen molar-refractivity contribution in [2.45, 2.75) is 12.2 Å². The predicted molar refractivity (Wildman–Crippen MR) is 47.1 cm³/mol. The second-order valence-electron chi connectivity index (χ2n) is 2.51. The number of aliphatic hydroxyl groups is 2. The van der Waals surface area contributed by atoms with Crippen LogP contribution in [-0.4, -0.2) is 32.8 Å². The molecule has 1 aromatic heterocycles. The zero-order valence-electron chi connectivity index (χ0n) is 6.76. The number of rotatable bonds is 3. The van der Waals surface area contributed by atoms with Crippen LogP contribution in [0.1, 0.15) is 11.9 Å². The van der Waals surface area contributed by atoms with Gasteiger partial charge in [0.1, 0.15) is 6.10 Å². The fourth-order valence-electron chi connectivity index (χ4n) is 0.776. The third kappa shape index (κ3) is 2.60. The van der Waals surface area contributed by atoms with Crippen LogP contribution in [0.4, 0.5) is 0 Å². The monoisotopic (exact) mass is 203 g/mol. The topological polar surface area (TPSA) is 92.3 Å². The number of nitrogens with zero attached hydrogens (tertiary/aromatic N) is 2. The Morgan fingerprint density at radius 2 is 1.92 bits per heavy atom. The quantitative estimate of drug-likeness (QED) is 0.615. The lowest BCUT2D eigenvalue weighted by molar-refractivity contribution is 0.0188. The van der Waals surface area contributed by atoms with Crippen LogP contribution in [-0.2, 0) is 0 Å². The van der Waals surface area contributed by atoms with Gasteiger partial charge in [0, 0.05) is 18.9 Å². The summed E-state index contributed by atoms with van der Waals surface area (Å²) in [5.41, 5.74) is 5.15. The first-order chi connectivity index (χ1) is 6.15. The molecule has 0 aromatic carbocycles. The lowest BCUT2D eigenvalue weighted by Crippen LogP contribution is -2.28. The molecule has 2 unspecified atom stereocenters. The van der Waals surface area contributed by atoms with Crippen LogP contribution in [0.2, 0.25) is 5.02 Å². The maximum Gasteiger partial charge on any atom is 0.159 e. The molecule has 1 rings (SSSR count). The Hall–Kier alpha value is -0.750. The lowest BCUT2D eigenvalue weighted by Gasteiger charge is -2.13. The maximum absolute atomic E-state index is 9.38. The van der Waals surface area contributed by atoms with Gasteiger partial charge in [0.2, 0.25) is 0 Å². The van der Waals surface area contributed by atoms with E-state index in [9.17, 15) is 5.11 Å². The van der Waals surface area contributed by atoms with Gasteiger partial charge < -0.3 is 15.9 Å². The predicted octanol–water partition coefficient (Wildman–Crippen LogP) is -0.517. The highest BCUT2D eigenvalue weighted by Gasteiger charge is 2.18. The molecule has 4 N–H and O–H groups in total. The summed E-state index contributed by atoms with van der Waals surface area (Å²) in [6, 6.07) is 0. The van der Waals surface area contributed by atoms with Gasteiger partial charge in [-0.3, -0.25) is 0 Å². The van der Waals surface area contributed by atoms with Crippen LogP contribution < -0.4 is 5.73 Å². The van der Waals surface area contributed by atoms with E-state index >= 15 is 0 Å². The molecule has 0 aliphatic carbocycles. The van der Waals surface area contributed by atoms with Gasteiger partial charge in [0.15, 0.2) is 5.82 Å². The Balaban J connectivity index is 2.77. The summed E-state index contributed by atoms with van der Waals surface area (Å²) in [6.07, 6.45) is 0.468. The minimum absolute atomic E-state index is 0.0485. The second-order valence-corrected chi connectivity index (χ2v) is 2.94. The number of hydrogen-bond donors (Lipinski definition) is 3. The Kier molecular flexibility index (Phi) is 3.56. The molecule has 0 saturated carbocycles. The van der Waals surface area contributed by atoms with Crippen LogP contribution in [0.15, 0.2) is 12.4 Å². The van der Waals surface area contributed by atoms with Gasteiger partial charge in [0.05, 0.1) is 11.1 Å². The van der Waals surface area contributed by atoms with Gasteiger partial charge in [-0.25, -0.2) is 9.97 Å². The van der Waals surface area contributed by atoms with Crippen LogP contribution in [0, 0.1) is 0 Å². The average Bonchev–Trinajstić information content (AvgIpc) is 2.17. The van der Waals surface area contributed by atoms with Gasteiger partial charge >= 0.3 is 0 Å². The van der Waals surface area contributed by atoms with Crippen molar-refractivity contribution in [2.75, 3.05) is 6.54 Å². The zero-order valence-corrected chi connectivity index (χ0v) is 7.52. The van der Waals surface area contributed by atoms with Crippen molar-refractivity contribution in [1.29, 1.82) is 0 Å². The molecular formula is C7H10ClN3O2. The first-order valence-corrected chi connectivity index (χ1v) is 4.06. The average molecular weight is 204 g/mol. The second kappa shape index (κ2) is 4.48. The first-order valence-electron chi connectivity index (χ1n) is 3.68. The highest BCUT2D eigenvalue weighted by Crippen LogP contribution is 2.12. The molecule has 13 heavy (non-hydrogen) atoms. The van der Waals surface area contributed by atoms with Gasteiger partial charge in [0.25, 0.3) is 0 Å². The number of hydrogen-bond acceptors (Lipinski definition) is 5. The summed E-state index contributed by atoms with van der Waals surface area (Å²) >= 11 is 5.54. The van der Waals surface area contributed by atoms with E-state index < -0.39 is 12.2 Å². The fourth-order valence-corrected chi connectivity index (χ4v) is 0.874. The van der Waals surface area contributed by atoms with E-state index in [2.05, 4.69) is 9.97 Å². The van der Waals surface area contributed by atoms with Crippen molar-refractivity contribution >= 4 is 11.6 Å². The molecule has 0 aliphatic heterocycles. The van der Waals surface area contributed by atoms with Crippen molar-refractivity contribution in [3.05, 3.63) is 23.2 Å². The maximum atomic E-state index is 9.38. The van der Waals surface area contributed by atoms with Crippen LogP contribution in [0.3, 0.4) is 0 Å². The molecular weight excluding hydrogens is 194 g/mol. The molecule has 6 heteroatoms. The van der Waals surface area contributed by atoms with E-state index in [4.69, 9.17) is 22.4 Å². The molecule has 0 amide bonds. The largest absolute Gasteiger partial charge is 0.389 e. The highest BCUT2D eigenvalue weighted by atomic mass is 35.5. The molecule has 0 saturated heterocycles. The minimum Gasteiger partial charge on any atom is -0.389 e. The molecule has 1 heterocycles. The summed E-state index contributed by atoms with van der Waals surface area (Å²) in [4.78, 5) is 7.48. The van der Waals surface area contributed by atoms with Crippen molar-refractivity contribution in [3.63, 3.8) is 0 Å². The molecule has 1 aromatic rings. The molecule has 0 radical (unpaired) electrons. The summed E-state index contributed by atoms with van der Waals surface area (Å²) in [7, 11) is 0. The van der Waals surface area contributed by atoms with Gasteiger partial charge in [-0.1, -0.05) is 11.6 Å². The SMILES string of the molecule is NCC(O)C(O)c1ncc(Cl)cn1. The van der Waals surface area contributed by atoms with Crippen molar-refractivity contribution in [2.24, 2.45) is 5.73 Å². The Labute approximate surface area is 80.2 Å². The van der Waals surface area contributed by atoms with Gasteiger partial charge in [-0.15, -0.1) is 0 Å². The minimum atomic E-state index is -1.16. The Bertz CT molecular complexity index is 267. The van der Waals surface area contributed by atoms with Gasteiger partial charge in [-0.05, 0) is 0 Å². The molecule has 0 spiro atoms. The number of halogens is 1. The molecule has 2 atom stereocenters. The van der Waals surface area contributed by atoms with E-state index in [0.717, 1.165) is 0 Å². The van der Waals surface area contributed by atoms with Crippen LogP contribution in [0.25, 0.3) is 0 Å². The smallest absolute Gasteiger partial charge is 0.159 e. The third-order valence-corrected chi connectivity index (χ3v) is 1.71. The van der Waals surface area contributed by atoms with E-state index in [0.29, 0.717) is 5.02 Å². The van der Waals surface area contributed by atoms with Crippen LogP contribution >= 0.6 is 11.6 Å². The van der Waals surface area contributed by atoms with Crippen molar-refractivity contribution in [3.8, 4) is 0 Å². The van der Waals surface area contributed by atoms with E-state index in [1.807, 2.05) is 0 Å². The standard InChI is InChI=1S/C7H10ClN3O2/c8-4-2-10-7(11-3-4)6(13)5(12)1-9/h2-3,5-6,12-13H,1,9H2. The normalized spacial score (nSPS) is 15.4. The van der Waals surface area contributed by atoms with E-state index in [-0.39, 0.29) is 12.4 Å². The summed E-state index contributed by atoms with van der Waals surface area (Å²) in [5.74, 6) is 0.113. The Morgan fingerprint density at radius 1 is 1.38 bits per heavy atom. The van der Waals surface area contributed by atoms with Crippen molar-refractivity contribution < 1.29 is 10.2 Å². The first kappa shape index (κ1) is 10.3. The highest BCUT2D eigenvalue weighted by molar-refractivity contribution is 6.30. The number of nitrogens with two attached hydrogens (primary N) is 1. The summed E-state index contributed by atoms with van der Waals surface area (Å²) in [5, 5.41) is 18.9. The summed E-state index contributed by atoms with van der Waals surface area (Å²) < 4.78 is 0. The molecule has 72 valence electrons. The molecule has 0 fully saturated rings. The number of aliphatic hydroxyl groups excluding tert-OH is 2. The molecule has 0 bridgehead atoms. The zero-order chi connectivity index (χ0) is 9.84. The fraction of sp³-hybridized carbons (Fsp3) is 0.429. The Morgan fingerprint density at radius 3 is 2.38 bits per heavy atom. The molecule has 0 aliphatic rings. The summed E-state index contributed by atoms with van der Waals surface area (Å²) in [6.45, 7) is -0.0485. The van der Waals surface area contributed by atoms with Crippen molar-refractivity contribution in [1.82, 2.24) is 9.97 Å². The lowest BCUT2D eigenvalue weighted by atomic mass is 10.2. The van der Waals surface area contributed by atoms with Gasteiger partial charge in [-0.2, -0.15) is 0 Å². The number of aromatic nitrogens is 2. The van der Waals surface area contributed by atoms with Crippen LogP contribution in [0.5, 0.6) is 0 Å². The molecule has 5 nitrogen and oxygen atoms in total. The van der Waals surface area contributed by atoms with E-state index in [1.54, 1.807) is 0 Å². The van der Waals surface area contributed by atoms with E-state index in [1.165, 1.54) is 12.4 Å².